The van der Waals surface area contributed by atoms with Gasteiger partial charge in [-0.2, -0.15) is 5.10 Å². The van der Waals surface area contributed by atoms with Crippen molar-refractivity contribution < 1.29 is 4.39 Å². The Kier molecular flexibility index (Phi) is 5.27. The van der Waals surface area contributed by atoms with Crippen LogP contribution in [0, 0.1) is 18.7 Å². The first-order valence-corrected chi connectivity index (χ1v) is 8.86. The summed E-state index contributed by atoms with van der Waals surface area (Å²) in [6.07, 6.45) is 1.16. The second kappa shape index (κ2) is 7.44. The number of anilines is 2. The molecular weight excluding hydrogens is 317 g/mol. The predicted octanol–water partition coefficient (Wildman–Crippen LogP) is 2.55. The topological polar surface area (TPSA) is 36.3 Å². The minimum absolute atomic E-state index is 0.176. The highest BCUT2D eigenvalue weighted by molar-refractivity contribution is 5.49. The molecule has 0 aliphatic carbocycles. The zero-order valence-electron chi connectivity index (χ0n) is 15.6. The van der Waals surface area contributed by atoms with Crippen molar-refractivity contribution in [3.05, 3.63) is 41.3 Å². The van der Waals surface area contributed by atoms with E-state index in [-0.39, 0.29) is 5.82 Å². The summed E-state index contributed by atoms with van der Waals surface area (Å²) in [5, 5.41) is 8.15. The van der Waals surface area contributed by atoms with E-state index in [0.717, 1.165) is 49.8 Å². The number of hydrogen-bond acceptors (Lipinski definition) is 4. The number of hydrogen-bond donors (Lipinski definition) is 1. The summed E-state index contributed by atoms with van der Waals surface area (Å²) in [4.78, 5) is 4.45. The maximum absolute atomic E-state index is 13.1. The molecule has 0 spiro atoms. The van der Waals surface area contributed by atoms with Crippen LogP contribution in [0.2, 0.25) is 0 Å². The summed E-state index contributed by atoms with van der Waals surface area (Å²) in [6, 6.07) is 6.81. The molecule has 1 aromatic carbocycles. The van der Waals surface area contributed by atoms with Crippen LogP contribution in [0.25, 0.3) is 0 Å². The molecule has 1 unspecified atom stereocenters. The van der Waals surface area contributed by atoms with E-state index in [1.165, 1.54) is 17.7 Å². The smallest absolute Gasteiger partial charge is 0.130 e. The largest absolute Gasteiger partial charge is 0.371 e. The molecule has 1 N–H and O–H groups in total. The third-order valence-electron chi connectivity index (χ3n) is 4.95. The van der Waals surface area contributed by atoms with E-state index in [2.05, 4.69) is 41.2 Å². The monoisotopic (exact) mass is 345 g/mol. The number of nitrogens with one attached hydrogen (secondary N) is 1. The lowest BCUT2D eigenvalue weighted by molar-refractivity contribution is 0.516. The summed E-state index contributed by atoms with van der Waals surface area (Å²) >= 11 is 0. The Morgan fingerprint density at radius 2 is 2.00 bits per heavy atom. The minimum Gasteiger partial charge on any atom is -0.371 e. The molecule has 0 amide bonds. The van der Waals surface area contributed by atoms with Gasteiger partial charge in [-0.3, -0.25) is 4.68 Å². The Morgan fingerprint density at radius 3 is 2.68 bits per heavy atom. The fourth-order valence-corrected chi connectivity index (χ4v) is 3.74. The number of halogens is 1. The summed E-state index contributed by atoms with van der Waals surface area (Å²) in [5.74, 6) is 1.60. The zero-order chi connectivity index (χ0) is 18.0. The van der Waals surface area contributed by atoms with Crippen LogP contribution >= 0.6 is 0 Å². The number of aryl methyl sites for hydroxylation is 2. The summed E-state index contributed by atoms with van der Waals surface area (Å²) in [7, 11) is 6.10. The van der Waals surface area contributed by atoms with Crippen molar-refractivity contribution in [1.29, 1.82) is 0 Å². The molecule has 1 atom stereocenters. The van der Waals surface area contributed by atoms with Crippen molar-refractivity contribution in [1.82, 2.24) is 15.1 Å². The number of rotatable bonds is 6. The van der Waals surface area contributed by atoms with Gasteiger partial charge in [0.15, 0.2) is 0 Å². The Bertz CT molecular complexity index is 707. The molecule has 1 aliphatic rings. The van der Waals surface area contributed by atoms with Gasteiger partial charge in [0.25, 0.3) is 0 Å². The molecule has 0 bridgehead atoms. The third-order valence-corrected chi connectivity index (χ3v) is 4.95. The molecule has 0 radical (unpaired) electrons. The molecule has 5 nitrogen and oxygen atoms in total. The van der Waals surface area contributed by atoms with E-state index in [4.69, 9.17) is 0 Å². The van der Waals surface area contributed by atoms with Crippen molar-refractivity contribution in [3.63, 3.8) is 0 Å². The second-order valence-corrected chi connectivity index (χ2v) is 7.11. The molecule has 3 rings (SSSR count). The van der Waals surface area contributed by atoms with Crippen LogP contribution in [0.3, 0.4) is 0 Å². The van der Waals surface area contributed by atoms with Crippen molar-refractivity contribution in [2.45, 2.75) is 19.9 Å². The average Bonchev–Trinajstić information content (AvgIpc) is 3.13. The van der Waals surface area contributed by atoms with Gasteiger partial charge in [-0.1, -0.05) is 0 Å². The highest BCUT2D eigenvalue weighted by atomic mass is 19.1. The standard InChI is InChI=1S/C19H28FN5/c1-14-18(19(23(2)3)24(4)22-14)12-21-11-15-9-10-25(13-15)17-7-5-16(20)6-8-17/h5-8,15,21H,9-13H2,1-4H3. The SMILES string of the molecule is Cc1nn(C)c(N(C)C)c1CNCC1CCN(c2ccc(F)cc2)C1. The van der Waals surface area contributed by atoms with Gasteiger partial charge in [0.05, 0.1) is 5.69 Å². The lowest BCUT2D eigenvalue weighted by Crippen LogP contribution is -2.27. The fraction of sp³-hybridized carbons (Fsp3) is 0.526. The van der Waals surface area contributed by atoms with Gasteiger partial charge in [-0.05, 0) is 43.5 Å². The van der Waals surface area contributed by atoms with Crippen molar-refractivity contribution in [2.24, 2.45) is 13.0 Å². The molecule has 1 aromatic heterocycles. The van der Waals surface area contributed by atoms with E-state index in [0.29, 0.717) is 5.92 Å². The van der Waals surface area contributed by atoms with Crippen LogP contribution < -0.4 is 15.1 Å². The maximum atomic E-state index is 13.1. The highest BCUT2D eigenvalue weighted by Gasteiger charge is 2.23. The van der Waals surface area contributed by atoms with E-state index in [9.17, 15) is 4.39 Å². The van der Waals surface area contributed by atoms with Crippen LogP contribution in [0.15, 0.2) is 24.3 Å². The van der Waals surface area contributed by atoms with Crippen molar-refractivity contribution in [3.8, 4) is 0 Å². The quantitative estimate of drug-likeness (QED) is 0.873. The van der Waals surface area contributed by atoms with Crippen LogP contribution in [0.1, 0.15) is 17.7 Å². The van der Waals surface area contributed by atoms with Crippen LogP contribution in [0.5, 0.6) is 0 Å². The second-order valence-electron chi connectivity index (χ2n) is 7.11. The highest BCUT2D eigenvalue weighted by Crippen LogP contribution is 2.24. The predicted molar refractivity (Wildman–Crippen MR) is 101 cm³/mol. The number of nitrogens with zero attached hydrogens (tertiary/aromatic N) is 4. The van der Waals surface area contributed by atoms with Gasteiger partial charge in [0, 0.05) is 58.6 Å². The molecule has 0 saturated carbocycles. The van der Waals surface area contributed by atoms with Gasteiger partial charge in [-0.25, -0.2) is 4.39 Å². The lowest BCUT2D eigenvalue weighted by Gasteiger charge is -2.19. The molecule has 1 fully saturated rings. The van der Waals surface area contributed by atoms with Crippen molar-refractivity contribution in [2.75, 3.05) is 43.5 Å². The van der Waals surface area contributed by atoms with Gasteiger partial charge in [0.2, 0.25) is 0 Å². The van der Waals surface area contributed by atoms with E-state index in [1.54, 1.807) is 0 Å². The lowest BCUT2D eigenvalue weighted by atomic mass is 10.1. The molecule has 136 valence electrons. The van der Waals surface area contributed by atoms with Gasteiger partial charge < -0.3 is 15.1 Å². The molecule has 6 heteroatoms. The molecule has 25 heavy (non-hydrogen) atoms. The fourth-order valence-electron chi connectivity index (χ4n) is 3.74. The van der Waals surface area contributed by atoms with E-state index < -0.39 is 0 Å². The zero-order valence-corrected chi connectivity index (χ0v) is 15.6. The van der Waals surface area contributed by atoms with Gasteiger partial charge in [0.1, 0.15) is 11.6 Å². The van der Waals surface area contributed by atoms with E-state index >= 15 is 0 Å². The van der Waals surface area contributed by atoms with Gasteiger partial charge >= 0.3 is 0 Å². The Morgan fingerprint density at radius 1 is 1.28 bits per heavy atom. The van der Waals surface area contributed by atoms with E-state index in [1.807, 2.05) is 23.9 Å². The number of benzene rings is 1. The maximum Gasteiger partial charge on any atom is 0.130 e. The van der Waals surface area contributed by atoms with Crippen molar-refractivity contribution >= 4 is 11.5 Å². The summed E-state index contributed by atoms with van der Waals surface area (Å²) in [5.41, 5.74) is 3.46. The average molecular weight is 345 g/mol. The Hall–Kier alpha value is -2.08. The van der Waals surface area contributed by atoms with Crippen LogP contribution in [-0.2, 0) is 13.6 Å². The molecular formula is C19H28FN5. The normalized spacial score (nSPS) is 17.3. The first kappa shape index (κ1) is 17.7. The van der Waals surface area contributed by atoms with Gasteiger partial charge in [-0.15, -0.1) is 0 Å². The first-order chi connectivity index (χ1) is 12.0. The Labute approximate surface area is 149 Å². The van der Waals surface area contributed by atoms with Crippen LogP contribution in [0.4, 0.5) is 15.9 Å². The summed E-state index contributed by atoms with van der Waals surface area (Å²) < 4.78 is 15.0. The first-order valence-electron chi connectivity index (χ1n) is 8.86. The Balaban J connectivity index is 1.53. The third kappa shape index (κ3) is 3.95. The molecule has 1 aliphatic heterocycles. The molecule has 2 aromatic rings. The van der Waals surface area contributed by atoms with Crippen LogP contribution in [-0.4, -0.2) is 43.5 Å². The molecule has 2 heterocycles. The summed E-state index contributed by atoms with van der Waals surface area (Å²) in [6.45, 7) is 5.94. The molecule has 1 saturated heterocycles. The number of aromatic nitrogens is 2. The minimum atomic E-state index is -0.176.